The highest BCUT2D eigenvalue weighted by molar-refractivity contribution is 7.87. The molecule has 1 aliphatic rings. The third-order valence-electron chi connectivity index (χ3n) is 5.04. The van der Waals surface area contributed by atoms with Gasteiger partial charge in [0.15, 0.2) is 17.4 Å². The molecule has 0 radical (unpaired) electrons. The molecule has 2 aromatic rings. The fraction of sp³-hybridized carbons (Fsp3) is 0.667. The van der Waals surface area contributed by atoms with Crippen molar-refractivity contribution in [1.82, 2.24) is 19.5 Å². The molecule has 1 N–H and O–H groups in total. The number of fused-ring (bicyclic) bond motifs is 1. The second-order valence-electron chi connectivity index (χ2n) is 7.37. The van der Waals surface area contributed by atoms with E-state index in [1.54, 1.807) is 0 Å². The molecule has 0 aromatic carbocycles. The molecule has 1 saturated heterocycles. The van der Waals surface area contributed by atoms with Gasteiger partial charge in [0.2, 0.25) is 0 Å². The molecule has 0 aliphatic carbocycles. The molecular weight excluding hydrogens is 532 g/mol. The smallest absolute Gasteiger partial charge is 0.523 e. The first-order chi connectivity index (χ1) is 15.5. The number of rotatable bonds is 8. The standard InChI is InChI=1S/C15H19F3N4O9PS2/c1-4-14(5-28-33(3,24)25)10(30-32)9(31-34(26,27)15(16,17)18)13(29-14)22-6-19-8-11(22)20-7(2)21-12(8)23/h6,9-10,13,32H,4-5H2,1-3H3,(H,20,21,23)/q-1/t9-,10-,13+,14-/m0/s1. The van der Waals surface area contributed by atoms with Gasteiger partial charge in [-0.15, -0.1) is 0 Å². The number of imidazole rings is 1. The maximum Gasteiger partial charge on any atom is 0.523 e. The third kappa shape index (κ3) is 4.98. The predicted molar refractivity (Wildman–Crippen MR) is 110 cm³/mol. The summed E-state index contributed by atoms with van der Waals surface area (Å²) in [7, 11) is -7.54. The Bertz CT molecular complexity index is 1350. The van der Waals surface area contributed by atoms with E-state index >= 15 is 0 Å². The van der Waals surface area contributed by atoms with Gasteiger partial charge in [0.25, 0.3) is 15.7 Å². The lowest BCUT2D eigenvalue weighted by Gasteiger charge is -2.35. The number of aromatic amines is 1. The minimum Gasteiger partial charge on any atom is -0.554 e. The highest BCUT2D eigenvalue weighted by Gasteiger charge is 2.60. The van der Waals surface area contributed by atoms with E-state index in [1.807, 2.05) is 0 Å². The third-order valence-corrected chi connectivity index (χ3v) is 6.88. The summed E-state index contributed by atoms with van der Waals surface area (Å²) in [5.74, 6) is 0.118. The van der Waals surface area contributed by atoms with Gasteiger partial charge >= 0.3 is 15.6 Å². The topological polar surface area (TPSA) is 169 Å². The average molecular weight is 551 g/mol. The van der Waals surface area contributed by atoms with Gasteiger partial charge in [0.05, 0.1) is 25.3 Å². The Kier molecular flexibility index (Phi) is 7.18. The van der Waals surface area contributed by atoms with Crippen molar-refractivity contribution in [2.24, 2.45) is 0 Å². The van der Waals surface area contributed by atoms with Gasteiger partial charge in [-0.05, 0) is 13.3 Å². The molecule has 3 heterocycles. The van der Waals surface area contributed by atoms with E-state index in [9.17, 15) is 34.8 Å². The van der Waals surface area contributed by atoms with Crippen LogP contribution in [0.15, 0.2) is 11.1 Å². The first-order valence-corrected chi connectivity index (χ1v) is 13.0. The molecule has 4 atom stereocenters. The Labute approximate surface area is 193 Å². The van der Waals surface area contributed by atoms with Crippen molar-refractivity contribution >= 4 is 40.9 Å². The Morgan fingerprint density at radius 1 is 1.32 bits per heavy atom. The van der Waals surface area contributed by atoms with E-state index in [0.717, 1.165) is 17.2 Å². The van der Waals surface area contributed by atoms with Crippen molar-refractivity contribution in [3.05, 3.63) is 22.5 Å². The first kappa shape index (κ1) is 26.9. The summed E-state index contributed by atoms with van der Waals surface area (Å²) >= 11 is 0. The van der Waals surface area contributed by atoms with Gasteiger partial charge in [-0.1, -0.05) is 6.92 Å². The quantitative estimate of drug-likeness (QED) is 0.279. The van der Waals surface area contributed by atoms with Gasteiger partial charge in [-0.2, -0.15) is 30.0 Å². The van der Waals surface area contributed by atoms with E-state index in [-0.39, 0.29) is 23.4 Å². The van der Waals surface area contributed by atoms with Crippen molar-refractivity contribution in [2.45, 2.75) is 49.8 Å². The number of H-pyrrole nitrogens is 1. The first-order valence-electron chi connectivity index (χ1n) is 9.33. The van der Waals surface area contributed by atoms with Crippen molar-refractivity contribution < 1.29 is 47.6 Å². The SMILES string of the molecule is CC[C@@]1(COS(C)(=O)=O)O[C@@H](n2cnc3c(=O)[nH]c(C)nc32)[C@@H](OS(=O)(=O)C(F)(F)F)[C@@H]1O[PH-]. The zero-order valence-electron chi connectivity index (χ0n) is 17.7. The molecule has 13 nitrogen and oxygen atoms in total. The van der Waals surface area contributed by atoms with Gasteiger partial charge in [0.1, 0.15) is 17.5 Å². The molecule has 0 bridgehead atoms. The number of aryl methyl sites for hydroxylation is 1. The molecule has 0 spiro atoms. The normalized spacial score (nSPS) is 26.4. The minimum absolute atomic E-state index is 0.118. The number of ether oxygens (including phenoxy) is 1. The largest absolute Gasteiger partial charge is 0.554 e. The molecule has 0 amide bonds. The molecule has 19 heteroatoms. The van der Waals surface area contributed by atoms with Crippen LogP contribution < -0.4 is 5.56 Å². The summed E-state index contributed by atoms with van der Waals surface area (Å²) < 4.78 is 108. The number of halogens is 3. The Hall–Kier alpha value is -1.69. The highest BCUT2D eigenvalue weighted by atomic mass is 32.2. The molecule has 1 aliphatic heterocycles. The summed E-state index contributed by atoms with van der Waals surface area (Å²) in [5.41, 5.74) is -8.67. The van der Waals surface area contributed by atoms with Crippen LogP contribution in [0, 0.1) is 6.92 Å². The maximum absolute atomic E-state index is 13.1. The fourth-order valence-corrected chi connectivity index (χ4v) is 4.80. The molecule has 0 unspecified atom stereocenters. The van der Waals surface area contributed by atoms with Gasteiger partial charge in [-0.3, -0.25) is 17.7 Å². The summed E-state index contributed by atoms with van der Waals surface area (Å²) in [6, 6.07) is 0. The van der Waals surface area contributed by atoms with Crippen LogP contribution in [0.25, 0.3) is 11.2 Å². The van der Waals surface area contributed by atoms with Crippen LogP contribution >= 0.6 is 9.47 Å². The van der Waals surface area contributed by atoms with Gasteiger partial charge in [-0.25, -0.2) is 9.97 Å². The molecule has 192 valence electrons. The van der Waals surface area contributed by atoms with E-state index < -0.39 is 61.9 Å². The second-order valence-corrected chi connectivity index (χ2v) is 10.8. The number of hydrogen-bond donors (Lipinski definition) is 1. The Morgan fingerprint density at radius 2 is 1.97 bits per heavy atom. The van der Waals surface area contributed by atoms with Crippen LogP contribution in [0.2, 0.25) is 0 Å². The van der Waals surface area contributed by atoms with Crippen molar-refractivity contribution in [2.75, 3.05) is 12.9 Å². The van der Waals surface area contributed by atoms with Gasteiger partial charge < -0.3 is 23.7 Å². The van der Waals surface area contributed by atoms with Crippen LogP contribution in [0.5, 0.6) is 0 Å². The van der Waals surface area contributed by atoms with Crippen molar-refractivity contribution in [1.29, 1.82) is 0 Å². The number of nitrogens with zero attached hydrogens (tertiary/aromatic N) is 3. The number of alkyl halides is 3. The zero-order chi connectivity index (χ0) is 25.7. The van der Waals surface area contributed by atoms with E-state index in [4.69, 9.17) is 13.4 Å². The van der Waals surface area contributed by atoms with Crippen LogP contribution in [-0.2, 0) is 37.9 Å². The second kappa shape index (κ2) is 9.07. The predicted octanol–water partition coefficient (Wildman–Crippen LogP) is 0.760. The molecule has 1 fully saturated rings. The van der Waals surface area contributed by atoms with Crippen LogP contribution in [0.3, 0.4) is 0 Å². The maximum atomic E-state index is 13.1. The Morgan fingerprint density at radius 3 is 2.50 bits per heavy atom. The van der Waals surface area contributed by atoms with E-state index in [2.05, 4.69) is 28.6 Å². The zero-order valence-corrected chi connectivity index (χ0v) is 20.3. The molecule has 0 saturated carbocycles. The summed E-state index contributed by atoms with van der Waals surface area (Å²) in [6.07, 6.45) is -3.83. The Balaban J connectivity index is 2.20. The highest BCUT2D eigenvalue weighted by Crippen LogP contribution is 2.46. The lowest BCUT2D eigenvalue weighted by molar-refractivity contribution is -0.118. The summed E-state index contributed by atoms with van der Waals surface area (Å²) in [5, 5.41) is 0. The van der Waals surface area contributed by atoms with Gasteiger partial charge in [0, 0.05) is 0 Å². The van der Waals surface area contributed by atoms with Crippen LogP contribution in [0.1, 0.15) is 25.4 Å². The van der Waals surface area contributed by atoms with Crippen molar-refractivity contribution in [3.63, 3.8) is 0 Å². The molecule has 34 heavy (non-hydrogen) atoms. The monoisotopic (exact) mass is 551 g/mol. The summed E-state index contributed by atoms with van der Waals surface area (Å²) in [6.45, 7) is 2.14. The lowest BCUT2D eigenvalue weighted by atomic mass is 9.93. The molecular formula is C15H19F3N4O9PS2-. The molecule has 3 rings (SSSR count). The van der Waals surface area contributed by atoms with E-state index in [0.29, 0.717) is 0 Å². The van der Waals surface area contributed by atoms with Crippen LogP contribution in [0.4, 0.5) is 13.2 Å². The number of aromatic nitrogens is 4. The number of nitrogens with one attached hydrogen (secondary N) is 1. The fourth-order valence-electron chi connectivity index (χ4n) is 3.44. The minimum atomic E-state index is -6.18. The van der Waals surface area contributed by atoms with Crippen molar-refractivity contribution in [3.8, 4) is 0 Å². The number of hydrogen-bond acceptors (Lipinski definition) is 11. The van der Waals surface area contributed by atoms with E-state index in [1.165, 1.54) is 13.8 Å². The van der Waals surface area contributed by atoms with Crippen LogP contribution in [-0.4, -0.2) is 72.5 Å². The molecule has 2 aromatic heterocycles. The summed E-state index contributed by atoms with van der Waals surface area (Å²) in [4.78, 5) is 22.5. The average Bonchev–Trinajstić information content (AvgIpc) is 3.24. The lowest BCUT2D eigenvalue weighted by Crippen LogP contribution is -2.48.